The fraction of sp³-hybridized carbons (Fsp3) is 0.238. The SMILES string of the molecule is CCOC(=O)c1ccccc1NC(=O)CSc1nnc(Nc2cc(OC)ccc2OC)s1. The molecule has 0 aliphatic rings. The number of nitrogens with zero attached hydrogens (tertiary/aromatic N) is 2. The fourth-order valence-electron chi connectivity index (χ4n) is 2.64. The number of esters is 1. The molecule has 2 aromatic carbocycles. The molecule has 168 valence electrons. The first-order valence-corrected chi connectivity index (χ1v) is 11.4. The van der Waals surface area contributed by atoms with Crippen molar-refractivity contribution in [1.82, 2.24) is 10.2 Å². The van der Waals surface area contributed by atoms with Gasteiger partial charge >= 0.3 is 5.97 Å². The number of aromatic nitrogens is 2. The Balaban J connectivity index is 1.59. The predicted octanol–water partition coefficient (Wildman–Crippen LogP) is 4.21. The van der Waals surface area contributed by atoms with E-state index in [-0.39, 0.29) is 18.3 Å². The van der Waals surface area contributed by atoms with Gasteiger partial charge in [0.25, 0.3) is 0 Å². The van der Waals surface area contributed by atoms with E-state index >= 15 is 0 Å². The van der Waals surface area contributed by atoms with Crippen LogP contribution in [0.5, 0.6) is 11.5 Å². The molecule has 0 unspecified atom stereocenters. The molecule has 9 nitrogen and oxygen atoms in total. The van der Waals surface area contributed by atoms with Gasteiger partial charge in [-0.3, -0.25) is 4.79 Å². The average molecular weight is 475 g/mol. The summed E-state index contributed by atoms with van der Waals surface area (Å²) in [5, 5.41) is 14.7. The molecule has 1 heterocycles. The Labute approximate surface area is 193 Å². The first-order chi connectivity index (χ1) is 15.5. The average Bonchev–Trinajstić information content (AvgIpc) is 3.25. The molecule has 0 atom stereocenters. The van der Waals surface area contributed by atoms with Crippen molar-refractivity contribution in [2.75, 3.05) is 37.2 Å². The number of anilines is 3. The minimum atomic E-state index is -0.483. The van der Waals surface area contributed by atoms with Crippen molar-refractivity contribution in [2.24, 2.45) is 0 Å². The van der Waals surface area contributed by atoms with Crippen molar-refractivity contribution >= 4 is 51.5 Å². The molecule has 0 saturated heterocycles. The van der Waals surface area contributed by atoms with Crippen molar-refractivity contribution < 1.29 is 23.8 Å². The molecular weight excluding hydrogens is 452 g/mol. The third-order valence-electron chi connectivity index (χ3n) is 4.08. The second-order valence-electron chi connectivity index (χ2n) is 6.17. The van der Waals surface area contributed by atoms with Crippen LogP contribution in [0.1, 0.15) is 17.3 Å². The first kappa shape index (κ1) is 23.4. The number of benzene rings is 2. The highest BCUT2D eigenvalue weighted by atomic mass is 32.2. The maximum Gasteiger partial charge on any atom is 0.340 e. The van der Waals surface area contributed by atoms with Crippen LogP contribution >= 0.6 is 23.1 Å². The highest BCUT2D eigenvalue weighted by Crippen LogP contribution is 2.34. The van der Waals surface area contributed by atoms with Crippen LogP contribution in [-0.2, 0) is 9.53 Å². The Bertz CT molecular complexity index is 1090. The van der Waals surface area contributed by atoms with Crippen molar-refractivity contribution in [3.8, 4) is 11.5 Å². The van der Waals surface area contributed by atoms with Crippen LogP contribution < -0.4 is 20.1 Å². The second-order valence-corrected chi connectivity index (χ2v) is 8.37. The van der Waals surface area contributed by atoms with Crippen LogP contribution in [0, 0.1) is 0 Å². The molecule has 0 bridgehead atoms. The van der Waals surface area contributed by atoms with E-state index < -0.39 is 5.97 Å². The Morgan fingerprint density at radius 3 is 2.62 bits per heavy atom. The summed E-state index contributed by atoms with van der Waals surface area (Å²) in [7, 11) is 3.16. The third kappa shape index (κ3) is 6.11. The van der Waals surface area contributed by atoms with Gasteiger partial charge in [0.2, 0.25) is 11.0 Å². The van der Waals surface area contributed by atoms with Gasteiger partial charge in [-0.05, 0) is 31.2 Å². The van der Waals surface area contributed by atoms with E-state index in [1.54, 1.807) is 63.6 Å². The monoisotopic (exact) mass is 474 g/mol. The molecule has 0 aliphatic heterocycles. The summed E-state index contributed by atoms with van der Waals surface area (Å²) >= 11 is 2.54. The number of carbonyl (C=O) groups excluding carboxylic acids is 2. The molecule has 0 saturated carbocycles. The van der Waals surface area contributed by atoms with Crippen LogP contribution in [0.3, 0.4) is 0 Å². The topological polar surface area (TPSA) is 112 Å². The number of thioether (sulfide) groups is 1. The second kappa shape index (κ2) is 11.3. The zero-order chi connectivity index (χ0) is 22.9. The lowest BCUT2D eigenvalue weighted by molar-refractivity contribution is -0.113. The molecule has 1 amide bonds. The minimum Gasteiger partial charge on any atom is -0.497 e. The molecule has 2 N–H and O–H groups in total. The van der Waals surface area contributed by atoms with E-state index in [0.29, 0.717) is 37.9 Å². The van der Waals surface area contributed by atoms with Gasteiger partial charge in [0.05, 0.1) is 43.5 Å². The van der Waals surface area contributed by atoms with Crippen LogP contribution in [0.25, 0.3) is 0 Å². The van der Waals surface area contributed by atoms with Gasteiger partial charge in [-0.25, -0.2) is 4.79 Å². The van der Waals surface area contributed by atoms with Gasteiger partial charge in [0, 0.05) is 6.07 Å². The smallest absolute Gasteiger partial charge is 0.340 e. The number of rotatable bonds is 10. The quantitative estimate of drug-likeness (QED) is 0.330. The van der Waals surface area contributed by atoms with Gasteiger partial charge in [-0.1, -0.05) is 35.2 Å². The Morgan fingerprint density at radius 2 is 1.88 bits per heavy atom. The number of carbonyl (C=O) groups is 2. The lowest BCUT2D eigenvalue weighted by Gasteiger charge is -2.10. The summed E-state index contributed by atoms with van der Waals surface area (Å²) in [6.07, 6.45) is 0. The van der Waals surface area contributed by atoms with E-state index in [0.717, 1.165) is 0 Å². The van der Waals surface area contributed by atoms with Crippen LogP contribution in [0.2, 0.25) is 0 Å². The number of ether oxygens (including phenoxy) is 3. The van der Waals surface area contributed by atoms with E-state index in [1.807, 2.05) is 0 Å². The van der Waals surface area contributed by atoms with E-state index in [4.69, 9.17) is 14.2 Å². The number of nitrogens with one attached hydrogen (secondary N) is 2. The molecule has 1 aromatic heterocycles. The van der Waals surface area contributed by atoms with E-state index in [1.165, 1.54) is 23.1 Å². The van der Waals surface area contributed by atoms with E-state index in [2.05, 4.69) is 20.8 Å². The highest BCUT2D eigenvalue weighted by Gasteiger charge is 2.15. The Kier molecular flexibility index (Phi) is 8.28. The molecule has 32 heavy (non-hydrogen) atoms. The summed E-state index contributed by atoms with van der Waals surface area (Å²) in [6.45, 7) is 1.98. The number of hydrogen-bond donors (Lipinski definition) is 2. The maximum absolute atomic E-state index is 12.4. The van der Waals surface area contributed by atoms with Crippen molar-refractivity contribution in [1.29, 1.82) is 0 Å². The van der Waals surface area contributed by atoms with Crippen LogP contribution in [0.4, 0.5) is 16.5 Å². The fourth-order valence-corrected chi connectivity index (χ4v) is 4.20. The predicted molar refractivity (Wildman–Crippen MR) is 124 cm³/mol. The van der Waals surface area contributed by atoms with Crippen molar-refractivity contribution in [2.45, 2.75) is 11.3 Å². The lowest BCUT2D eigenvalue weighted by atomic mass is 10.2. The molecule has 3 aromatic rings. The Morgan fingerprint density at radius 1 is 1.06 bits per heavy atom. The molecule has 11 heteroatoms. The normalized spacial score (nSPS) is 10.3. The molecule has 0 spiro atoms. The first-order valence-electron chi connectivity index (χ1n) is 9.55. The number of methoxy groups -OCH3 is 2. The van der Waals surface area contributed by atoms with E-state index in [9.17, 15) is 9.59 Å². The summed E-state index contributed by atoms with van der Waals surface area (Å²) < 4.78 is 16.2. The standard InChI is InChI=1S/C21H22N4O5S2/c1-4-30-19(27)14-7-5-6-8-15(14)22-18(26)12-31-21-25-24-20(32-21)23-16-11-13(28-2)9-10-17(16)29-3/h5-11H,4,12H2,1-3H3,(H,22,26)(H,23,24). The molecule has 0 fully saturated rings. The van der Waals surface area contributed by atoms with Gasteiger partial charge in [0.1, 0.15) is 11.5 Å². The van der Waals surface area contributed by atoms with Gasteiger partial charge < -0.3 is 24.8 Å². The number of amides is 1. The van der Waals surface area contributed by atoms with Gasteiger partial charge in [-0.2, -0.15) is 0 Å². The van der Waals surface area contributed by atoms with Crippen LogP contribution in [-0.4, -0.2) is 48.7 Å². The largest absolute Gasteiger partial charge is 0.497 e. The molecule has 3 rings (SSSR count). The summed E-state index contributed by atoms with van der Waals surface area (Å²) in [4.78, 5) is 24.4. The van der Waals surface area contributed by atoms with Gasteiger partial charge in [-0.15, -0.1) is 10.2 Å². The van der Waals surface area contributed by atoms with Crippen LogP contribution in [0.15, 0.2) is 46.8 Å². The van der Waals surface area contributed by atoms with Gasteiger partial charge in [0.15, 0.2) is 4.34 Å². The molecule has 0 radical (unpaired) electrons. The summed E-state index contributed by atoms with van der Waals surface area (Å²) in [5.41, 5.74) is 1.40. The molecular formula is C21H22N4O5S2. The lowest BCUT2D eigenvalue weighted by Crippen LogP contribution is -2.17. The maximum atomic E-state index is 12.4. The minimum absolute atomic E-state index is 0.105. The Hall–Kier alpha value is -3.31. The number of para-hydroxylation sites is 1. The van der Waals surface area contributed by atoms with Crippen molar-refractivity contribution in [3.63, 3.8) is 0 Å². The summed E-state index contributed by atoms with van der Waals surface area (Å²) in [5.74, 6) is 0.658. The zero-order valence-corrected chi connectivity index (χ0v) is 19.3. The highest BCUT2D eigenvalue weighted by molar-refractivity contribution is 8.01. The third-order valence-corrected chi connectivity index (χ3v) is 6.05. The summed E-state index contributed by atoms with van der Waals surface area (Å²) in [6, 6.07) is 12.1. The van der Waals surface area contributed by atoms with Crippen molar-refractivity contribution in [3.05, 3.63) is 48.0 Å². The molecule has 0 aliphatic carbocycles. The zero-order valence-electron chi connectivity index (χ0n) is 17.7. The number of hydrogen-bond acceptors (Lipinski definition) is 10.